The van der Waals surface area contributed by atoms with Crippen molar-refractivity contribution in [2.75, 3.05) is 6.61 Å². The van der Waals surface area contributed by atoms with Crippen molar-refractivity contribution in [3.05, 3.63) is 29.6 Å². The number of aryl methyl sites for hydroxylation is 1. The molecule has 82 valence electrons. The first-order valence-electron chi connectivity index (χ1n) is 5.27. The van der Waals surface area contributed by atoms with Crippen LogP contribution in [-0.4, -0.2) is 17.6 Å². The average Bonchev–Trinajstić information content (AvgIpc) is 2.22. The van der Waals surface area contributed by atoms with Gasteiger partial charge in [-0.05, 0) is 37.5 Å². The Morgan fingerprint density at radius 1 is 1.53 bits per heavy atom. The molecular weight excluding hydrogens is 190 g/mol. The van der Waals surface area contributed by atoms with Gasteiger partial charge in [0.05, 0.1) is 12.5 Å². The monoisotopic (exact) mass is 207 g/mol. The molecule has 1 aromatic rings. The van der Waals surface area contributed by atoms with E-state index in [-0.39, 0.29) is 11.9 Å². The van der Waals surface area contributed by atoms with Gasteiger partial charge in [-0.2, -0.15) is 0 Å². The molecule has 1 unspecified atom stereocenters. The van der Waals surface area contributed by atoms with E-state index in [1.165, 1.54) is 0 Å². The fraction of sp³-hybridized carbons (Fsp3) is 0.500. The molecule has 0 saturated heterocycles. The number of pyridine rings is 1. The summed E-state index contributed by atoms with van der Waals surface area (Å²) in [7, 11) is 0. The molecule has 0 spiro atoms. The molecule has 0 radical (unpaired) electrons. The van der Waals surface area contributed by atoms with Crippen molar-refractivity contribution in [2.24, 2.45) is 0 Å². The number of carbonyl (C=O) groups excluding carboxylic acids is 1. The van der Waals surface area contributed by atoms with E-state index in [1.807, 2.05) is 26.8 Å². The van der Waals surface area contributed by atoms with Crippen LogP contribution in [0.4, 0.5) is 0 Å². The first kappa shape index (κ1) is 11.7. The summed E-state index contributed by atoms with van der Waals surface area (Å²) >= 11 is 0. The second kappa shape index (κ2) is 5.49. The lowest BCUT2D eigenvalue weighted by atomic mass is 9.94. The van der Waals surface area contributed by atoms with Crippen molar-refractivity contribution in [1.82, 2.24) is 4.98 Å². The van der Waals surface area contributed by atoms with Crippen molar-refractivity contribution in [3.63, 3.8) is 0 Å². The van der Waals surface area contributed by atoms with E-state index < -0.39 is 0 Å². The maximum Gasteiger partial charge on any atom is 0.313 e. The summed E-state index contributed by atoms with van der Waals surface area (Å²) in [5.41, 5.74) is 2.06. The van der Waals surface area contributed by atoms with Gasteiger partial charge in [-0.3, -0.25) is 9.78 Å². The van der Waals surface area contributed by atoms with Crippen molar-refractivity contribution in [1.29, 1.82) is 0 Å². The minimum Gasteiger partial charge on any atom is -0.466 e. The highest BCUT2D eigenvalue weighted by molar-refractivity contribution is 5.78. The molecule has 0 aliphatic heterocycles. The van der Waals surface area contributed by atoms with Gasteiger partial charge in [0.25, 0.3) is 0 Å². The van der Waals surface area contributed by atoms with E-state index in [2.05, 4.69) is 4.98 Å². The quantitative estimate of drug-likeness (QED) is 0.712. The molecule has 1 atom stereocenters. The highest BCUT2D eigenvalue weighted by Crippen LogP contribution is 2.23. The Kier molecular flexibility index (Phi) is 4.28. The van der Waals surface area contributed by atoms with Crippen molar-refractivity contribution in [3.8, 4) is 0 Å². The van der Waals surface area contributed by atoms with E-state index in [1.54, 1.807) is 12.4 Å². The van der Waals surface area contributed by atoms with Crippen LogP contribution in [0.5, 0.6) is 0 Å². The van der Waals surface area contributed by atoms with Crippen molar-refractivity contribution >= 4 is 5.97 Å². The van der Waals surface area contributed by atoms with E-state index in [9.17, 15) is 4.79 Å². The van der Waals surface area contributed by atoms with E-state index in [0.717, 1.165) is 17.5 Å². The van der Waals surface area contributed by atoms with Gasteiger partial charge in [-0.15, -0.1) is 0 Å². The number of hydrogen-bond donors (Lipinski definition) is 0. The van der Waals surface area contributed by atoms with Gasteiger partial charge in [0.1, 0.15) is 0 Å². The molecule has 1 aromatic heterocycles. The Hall–Kier alpha value is -1.38. The SMILES string of the molecule is CCOC(=O)C(CC)c1cnccc1C. The third kappa shape index (κ3) is 2.78. The molecule has 0 saturated carbocycles. The topological polar surface area (TPSA) is 39.2 Å². The van der Waals surface area contributed by atoms with Gasteiger partial charge in [-0.25, -0.2) is 0 Å². The molecule has 0 aliphatic carbocycles. The van der Waals surface area contributed by atoms with Crippen LogP contribution in [0.2, 0.25) is 0 Å². The van der Waals surface area contributed by atoms with E-state index in [4.69, 9.17) is 4.74 Å². The van der Waals surface area contributed by atoms with Crippen LogP contribution in [-0.2, 0) is 9.53 Å². The van der Waals surface area contributed by atoms with Gasteiger partial charge < -0.3 is 4.74 Å². The van der Waals surface area contributed by atoms with Crippen LogP contribution < -0.4 is 0 Å². The lowest BCUT2D eigenvalue weighted by Crippen LogP contribution is -2.16. The van der Waals surface area contributed by atoms with E-state index >= 15 is 0 Å². The van der Waals surface area contributed by atoms with Crippen LogP contribution in [0, 0.1) is 6.92 Å². The highest BCUT2D eigenvalue weighted by Gasteiger charge is 2.21. The average molecular weight is 207 g/mol. The summed E-state index contributed by atoms with van der Waals surface area (Å²) in [6.07, 6.45) is 4.22. The summed E-state index contributed by atoms with van der Waals surface area (Å²) in [5.74, 6) is -0.338. The fourth-order valence-corrected chi connectivity index (χ4v) is 1.60. The summed E-state index contributed by atoms with van der Waals surface area (Å²) in [6.45, 7) is 6.21. The maximum absolute atomic E-state index is 11.7. The summed E-state index contributed by atoms with van der Waals surface area (Å²) in [6, 6.07) is 1.91. The number of hydrogen-bond acceptors (Lipinski definition) is 3. The number of esters is 1. The lowest BCUT2D eigenvalue weighted by Gasteiger charge is -2.15. The molecule has 1 rings (SSSR count). The van der Waals surface area contributed by atoms with Gasteiger partial charge >= 0.3 is 5.97 Å². The lowest BCUT2D eigenvalue weighted by molar-refractivity contribution is -0.145. The predicted molar refractivity (Wildman–Crippen MR) is 58.6 cm³/mol. The van der Waals surface area contributed by atoms with E-state index in [0.29, 0.717) is 6.61 Å². The Labute approximate surface area is 90.5 Å². The molecule has 0 bridgehead atoms. The highest BCUT2D eigenvalue weighted by atomic mass is 16.5. The van der Waals surface area contributed by atoms with Crippen molar-refractivity contribution < 1.29 is 9.53 Å². The molecule has 0 aliphatic rings. The molecule has 3 heteroatoms. The zero-order valence-corrected chi connectivity index (χ0v) is 9.49. The molecule has 15 heavy (non-hydrogen) atoms. The first-order chi connectivity index (χ1) is 7.20. The fourth-order valence-electron chi connectivity index (χ4n) is 1.60. The zero-order valence-electron chi connectivity index (χ0n) is 9.49. The van der Waals surface area contributed by atoms with Crippen molar-refractivity contribution in [2.45, 2.75) is 33.1 Å². The van der Waals surface area contributed by atoms with Gasteiger partial charge in [-0.1, -0.05) is 6.92 Å². The smallest absolute Gasteiger partial charge is 0.313 e. The number of ether oxygens (including phenoxy) is 1. The minimum absolute atomic E-state index is 0.156. The van der Waals surface area contributed by atoms with Gasteiger partial charge in [0.2, 0.25) is 0 Å². The van der Waals surface area contributed by atoms with Crippen LogP contribution in [0.15, 0.2) is 18.5 Å². The largest absolute Gasteiger partial charge is 0.466 e. The third-order valence-electron chi connectivity index (χ3n) is 2.43. The van der Waals surface area contributed by atoms with Crippen LogP contribution in [0.1, 0.15) is 37.3 Å². The Balaban J connectivity index is 2.92. The molecule has 0 amide bonds. The van der Waals surface area contributed by atoms with Crippen LogP contribution in [0.25, 0.3) is 0 Å². The van der Waals surface area contributed by atoms with Crippen LogP contribution in [0.3, 0.4) is 0 Å². The number of aromatic nitrogens is 1. The zero-order chi connectivity index (χ0) is 11.3. The van der Waals surface area contributed by atoms with Gasteiger partial charge in [0.15, 0.2) is 0 Å². The summed E-state index contributed by atoms with van der Waals surface area (Å²) < 4.78 is 5.04. The maximum atomic E-state index is 11.7. The standard InChI is InChI=1S/C12H17NO2/c1-4-10(12(14)15-5-2)11-8-13-7-6-9(11)3/h6-8,10H,4-5H2,1-3H3. The third-order valence-corrected chi connectivity index (χ3v) is 2.43. The number of rotatable bonds is 4. The first-order valence-corrected chi connectivity index (χ1v) is 5.27. The molecule has 3 nitrogen and oxygen atoms in total. The normalized spacial score (nSPS) is 12.2. The molecule has 0 fully saturated rings. The predicted octanol–water partition coefficient (Wildman–Crippen LogP) is 2.45. The minimum atomic E-state index is -0.182. The van der Waals surface area contributed by atoms with Crippen LogP contribution >= 0.6 is 0 Å². The Bertz CT molecular complexity index is 336. The second-order valence-corrected chi connectivity index (χ2v) is 3.45. The molecule has 0 aromatic carbocycles. The Morgan fingerprint density at radius 3 is 2.80 bits per heavy atom. The summed E-state index contributed by atoms with van der Waals surface area (Å²) in [4.78, 5) is 15.7. The number of nitrogens with zero attached hydrogens (tertiary/aromatic N) is 1. The van der Waals surface area contributed by atoms with Gasteiger partial charge in [0, 0.05) is 12.4 Å². The second-order valence-electron chi connectivity index (χ2n) is 3.45. The molecular formula is C12H17NO2. The summed E-state index contributed by atoms with van der Waals surface area (Å²) in [5, 5.41) is 0. The Morgan fingerprint density at radius 2 is 2.27 bits per heavy atom. The molecule has 1 heterocycles. The number of carbonyl (C=O) groups is 1. The molecule has 0 N–H and O–H groups in total.